The first kappa shape index (κ1) is 10.7. The van der Waals surface area contributed by atoms with Crippen molar-refractivity contribution < 1.29 is 5.11 Å². The number of aryl methyl sites for hydroxylation is 3. The summed E-state index contributed by atoms with van der Waals surface area (Å²) in [5.41, 5.74) is 5.34. The Bertz CT molecular complexity index is 373. The van der Waals surface area contributed by atoms with Gasteiger partial charge in [0.25, 0.3) is 0 Å². The fraction of sp³-hybridized carbons (Fsp3) is 0.538. The Morgan fingerprint density at radius 1 is 1.13 bits per heavy atom. The molecule has 2 N–H and O–H groups in total. The highest BCUT2D eigenvalue weighted by molar-refractivity contribution is 5.38. The minimum atomic E-state index is -0.184. The van der Waals surface area contributed by atoms with Crippen LogP contribution in [-0.4, -0.2) is 17.8 Å². The lowest BCUT2D eigenvalue weighted by molar-refractivity contribution is 0.193. The van der Waals surface area contributed by atoms with Gasteiger partial charge in [-0.05, 0) is 49.4 Å². The van der Waals surface area contributed by atoms with Gasteiger partial charge < -0.3 is 10.4 Å². The third-order valence-electron chi connectivity index (χ3n) is 3.37. The zero-order valence-corrected chi connectivity index (χ0v) is 9.67. The maximum Gasteiger partial charge on any atom is 0.0682 e. The lowest BCUT2D eigenvalue weighted by Gasteiger charge is -2.16. The molecule has 0 saturated carbocycles. The van der Waals surface area contributed by atoms with Crippen molar-refractivity contribution in [2.75, 3.05) is 6.54 Å². The smallest absolute Gasteiger partial charge is 0.0682 e. The summed E-state index contributed by atoms with van der Waals surface area (Å²) < 4.78 is 0. The zero-order chi connectivity index (χ0) is 11.0. The predicted molar refractivity (Wildman–Crippen MR) is 62.0 cm³/mol. The van der Waals surface area contributed by atoms with E-state index in [0.717, 1.165) is 13.0 Å². The average Bonchev–Trinajstić information content (AvgIpc) is 2.58. The molecule has 1 aromatic carbocycles. The highest BCUT2D eigenvalue weighted by Gasteiger charge is 2.24. The largest absolute Gasteiger partial charge is 0.392 e. The number of aliphatic hydroxyl groups excluding tert-OH is 1. The molecular weight excluding hydrogens is 186 g/mol. The van der Waals surface area contributed by atoms with Crippen LogP contribution in [-0.2, 0) is 0 Å². The highest BCUT2D eigenvalue weighted by atomic mass is 16.3. The van der Waals surface area contributed by atoms with E-state index in [0.29, 0.717) is 6.04 Å². The third-order valence-corrected chi connectivity index (χ3v) is 3.37. The summed E-state index contributed by atoms with van der Waals surface area (Å²) in [6.45, 7) is 7.15. The van der Waals surface area contributed by atoms with Gasteiger partial charge in [0.15, 0.2) is 0 Å². The van der Waals surface area contributed by atoms with E-state index in [1.165, 1.54) is 22.3 Å². The van der Waals surface area contributed by atoms with Crippen molar-refractivity contribution in [2.45, 2.75) is 39.3 Å². The number of hydrogen-bond donors (Lipinski definition) is 2. The fourth-order valence-corrected chi connectivity index (χ4v) is 2.31. The van der Waals surface area contributed by atoms with E-state index < -0.39 is 0 Å². The predicted octanol–water partition coefficient (Wildman–Crippen LogP) is 2.01. The molecule has 2 atom stereocenters. The Hall–Kier alpha value is -0.860. The molecule has 2 nitrogen and oxygen atoms in total. The minimum Gasteiger partial charge on any atom is -0.392 e. The summed E-state index contributed by atoms with van der Waals surface area (Å²) in [6.07, 6.45) is 0.652. The van der Waals surface area contributed by atoms with Crippen LogP contribution in [0.3, 0.4) is 0 Å². The van der Waals surface area contributed by atoms with Crippen molar-refractivity contribution in [3.63, 3.8) is 0 Å². The SMILES string of the molecule is Cc1cc(C)c(C2CC(O)CN2)cc1C. The van der Waals surface area contributed by atoms with Crippen molar-refractivity contribution in [3.8, 4) is 0 Å². The Morgan fingerprint density at radius 3 is 2.40 bits per heavy atom. The molecule has 0 radical (unpaired) electrons. The van der Waals surface area contributed by atoms with Crippen LogP contribution >= 0.6 is 0 Å². The Balaban J connectivity index is 2.32. The van der Waals surface area contributed by atoms with Gasteiger partial charge in [-0.2, -0.15) is 0 Å². The van der Waals surface area contributed by atoms with Crippen LogP contribution in [0.1, 0.15) is 34.7 Å². The van der Waals surface area contributed by atoms with E-state index >= 15 is 0 Å². The fourth-order valence-electron chi connectivity index (χ4n) is 2.31. The number of aliphatic hydroxyl groups is 1. The first-order chi connectivity index (χ1) is 7.08. The van der Waals surface area contributed by atoms with Crippen LogP contribution in [0.25, 0.3) is 0 Å². The van der Waals surface area contributed by atoms with Gasteiger partial charge in [-0.1, -0.05) is 12.1 Å². The second kappa shape index (κ2) is 3.95. The molecule has 2 heteroatoms. The first-order valence-corrected chi connectivity index (χ1v) is 5.57. The van der Waals surface area contributed by atoms with E-state index in [-0.39, 0.29) is 6.10 Å². The number of nitrogens with one attached hydrogen (secondary N) is 1. The summed E-state index contributed by atoms with van der Waals surface area (Å²) in [5.74, 6) is 0. The van der Waals surface area contributed by atoms with Crippen molar-refractivity contribution in [1.82, 2.24) is 5.32 Å². The van der Waals surface area contributed by atoms with E-state index in [9.17, 15) is 5.11 Å². The van der Waals surface area contributed by atoms with E-state index in [1.807, 2.05) is 0 Å². The molecule has 1 aromatic rings. The molecule has 1 saturated heterocycles. The molecule has 1 fully saturated rings. The van der Waals surface area contributed by atoms with Crippen LogP contribution < -0.4 is 5.32 Å². The van der Waals surface area contributed by atoms with Crippen LogP contribution in [0.15, 0.2) is 12.1 Å². The van der Waals surface area contributed by atoms with Gasteiger partial charge >= 0.3 is 0 Å². The molecule has 1 heterocycles. The topological polar surface area (TPSA) is 32.3 Å². The van der Waals surface area contributed by atoms with Gasteiger partial charge in [0.2, 0.25) is 0 Å². The molecule has 1 aliphatic heterocycles. The molecule has 2 unspecified atom stereocenters. The standard InChI is InChI=1S/C13H19NO/c1-8-4-10(3)12(5-9(8)2)13-6-11(15)7-14-13/h4-5,11,13-15H,6-7H2,1-3H3. The van der Waals surface area contributed by atoms with Gasteiger partial charge in [-0.3, -0.25) is 0 Å². The van der Waals surface area contributed by atoms with Crippen molar-refractivity contribution in [2.24, 2.45) is 0 Å². The minimum absolute atomic E-state index is 0.184. The molecule has 2 rings (SSSR count). The third kappa shape index (κ3) is 2.06. The molecule has 15 heavy (non-hydrogen) atoms. The van der Waals surface area contributed by atoms with Crippen molar-refractivity contribution in [3.05, 3.63) is 34.4 Å². The number of benzene rings is 1. The first-order valence-electron chi connectivity index (χ1n) is 5.57. The average molecular weight is 205 g/mol. The van der Waals surface area contributed by atoms with E-state index in [2.05, 4.69) is 38.2 Å². The summed E-state index contributed by atoms with van der Waals surface area (Å²) >= 11 is 0. The summed E-state index contributed by atoms with van der Waals surface area (Å²) in [5, 5.41) is 12.9. The molecule has 0 bridgehead atoms. The normalized spacial score (nSPS) is 25.9. The lowest BCUT2D eigenvalue weighted by atomic mass is 9.95. The van der Waals surface area contributed by atoms with Crippen LogP contribution in [0.5, 0.6) is 0 Å². The summed E-state index contributed by atoms with van der Waals surface area (Å²) in [6, 6.07) is 4.82. The molecule has 82 valence electrons. The summed E-state index contributed by atoms with van der Waals surface area (Å²) in [7, 11) is 0. The Kier molecular flexibility index (Phi) is 2.81. The number of rotatable bonds is 1. The quantitative estimate of drug-likeness (QED) is 0.735. The molecule has 0 spiro atoms. The maximum absolute atomic E-state index is 9.51. The molecule has 0 aliphatic carbocycles. The summed E-state index contributed by atoms with van der Waals surface area (Å²) in [4.78, 5) is 0. The molecule has 0 amide bonds. The number of β-amino-alcohol motifs (C(OH)–C–C–N with tert-alkyl or cyclic N) is 1. The molecule has 1 aliphatic rings. The number of hydrogen-bond acceptors (Lipinski definition) is 2. The van der Waals surface area contributed by atoms with Gasteiger partial charge in [0, 0.05) is 12.6 Å². The van der Waals surface area contributed by atoms with Gasteiger partial charge in [0.05, 0.1) is 6.10 Å². The van der Waals surface area contributed by atoms with Crippen LogP contribution in [0.2, 0.25) is 0 Å². The van der Waals surface area contributed by atoms with Crippen molar-refractivity contribution >= 4 is 0 Å². The Morgan fingerprint density at radius 2 is 1.80 bits per heavy atom. The van der Waals surface area contributed by atoms with Gasteiger partial charge in [0.1, 0.15) is 0 Å². The van der Waals surface area contributed by atoms with Crippen LogP contribution in [0.4, 0.5) is 0 Å². The van der Waals surface area contributed by atoms with Crippen molar-refractivity contribution in [1.29, 1.82) is 0 Å². The van der Waals surface area contributed by atoms with Gasteiger partial charge in [-0.25, -0.2) is 0 Å². The second-order valence-corrected chi connectivity index (χ2v) is 4.64. The highest BCUT2D eigenvalue weighted by Crippen LogP contribution is 2.28. The molecular formula is C13H19NO. The molecule has 0 aromatic heterocycles. The second-order valence-electron chi connectivity index (χ2n) is 4.64. The van der Waals surface area contributed by atoms with Gasteiger partial charge in [-0.15, -0.1) is 0 Å². The zero-order valence-electron chi connectivity index (χ0n) is 9.67. The monoisotopic (exact) mass is 205 g/mol. The lowest BCUT2D eigenvalue weighted by Crippen LogP contribution is -2.15. The Labute approximate surface area is 91.3 Å². The maximum atomic E-state index is 9.51. The van der Waals surface area contributed by atoms with Crippen LogP contribution in [0, 0.1) is 20.8 Å². The van der Waals surface area contributed by atoms with E-state index in [4.69, 9.17) is 0 Å². The van der Waals surface area contributed by atoms with E-state index in [1.54, 1.807) is 0 Å².